The number of carboxylic acid groups (broad SMARTS) is 1. The van der Waals surface area contributed by atoms with E-state index in [1.54, 1.807) is 0 Å². The fourth-order valence-corrected chi connectivity index (χ4v) is 2.66. The van der Waals surface area contributed by atoms with Crippen LogP contribution in [0.4, 0.5) is 0 Å². The van der Waals surface area contributed by atoms with Crippen molar-refractivity contribution in [3.8, 4) is 0 Å². The second kappa shape index (κ2) is 6.26. The Balaban J connectivity index is 1.98. The van der Waals surface area contributed by atoms with Gasteiger partial charge in [-0.3, -0.25) is 4.79 Å². The van der Waals surface area contributed by atoms with E-state index in [0.29, 0.717) is 12.8 Å². The summed E-state index contributed by atoms with van der Waals surface area (Å²) in [5.74, 6) is -1.25. The normalized spacial score (nSPS) is 22.8. The lowest BCUT2D eigenvalue weighted by Crippen LogP contribution is -2.37. The molecule has 0 aliphatic carbocycles. The van der Waals surface area contributed by atoms with Gasteiger partial charge in [-0.1, -0.05) is 29.3 Å². The van der Waals surface area contributed by atoms with Crippen LogP contribution in [0.1, 0.15) is 42.5 Å². The summed E-state index contributed by atoms with van der Waals surface area (Å²) < 4.78 is 5.26. The highest BCUT2D eigenvalue weighted by Gasteiger charge is 2.35. The molecule has 0 radical (unpaired) electrons. The number of aryl methyl sites for hydroxylation is 2. The van der Waals surface area contributed by atoms with Crippen LogP contribution in [0.25, 0.3) is 0 Å². The van der Waals surface area contributed by atoms with Gasteiger partial charge in [-0.15, -0.1) is 0 Å². The molecule has 5 nitrogen and oxygen atoms in total. The highest BCUT2D eigenvalue weighted by atomic mass is 16.5. The summed E-state index contributed by atoms with van der Waals surface area (Å²) >= 11 is 0. The fraction of sp³-hybridized carbons (Fsp3) is 0.500. The summed E-state index contributed by atoms with van der Waals surface area (Å²) in [5, 5.41) is 11.8. The third-order valence-corrected chi connectivity index (χ3v) is 3.69. The van der Waals surface area contributed by atoms with Crippen LogP contribution in [-0.2, 0) is 14.3 Å². The number of carbonyl (C=O) groups is 2. The summed E-state index contributed by atoms with van der Waals surface area (Å²) in [6, 6.07) is 6.01. The number of nitrogens with one attached hydrogen (secondary N) is 1. The van der Waals surface area contributed by atoms with E-state index in [4.69, 9.17) is 9.84 Å². The van der Waals surface area contributed by atoms with Crippen molar-refractivity contribution in [3.63, 3.8) is 0 Å². The number of ether oxygens (including phenoxy) is 1. The SMILES string of the molecule is Cc1cc(C)cc(C(C)NC(=O)[C@@H]2CC[C@H](C(=O)O)O2)c1. The van der Waals surface area contributed by atoms with Gasteiger partial charge >= 0.3 is 5.97 Å². The van der Waals surface area contributed by atoms with Crippen molar-refractivity contribution in [2.45, 2.75) is 51.9 Å². The third kappa shape index (κ3) is 3.82. The van der Waals surface area contributed by atoms with Crippen LogP contribution < -0.4 is 5.32 Å². The van der Waals surface area contributed by atoms with Gasteiger partial charge in [0.1, 0.15) is 6.10 Å². The molecule has 2 N–H and O–H groups in total. The molecule has 1 amide bonds. The Kier molecular flexibility index (Phi) is 4.63. The molecular formula is C16H21NO4. The van der Waals surface area contributed by atoms with Gasteiger partial charge in [0.25, 0.3) is 0 Å². The zero-order valence-corrected chi connectivity index (χ0v) is 12.6. The van der Waals surface area contributed by atoms with Gasteiger partial charge in [0.2, 0.25) is 5.91 Å². The first-order valence-corrected chi connectivity index (χ1v) is 7.13. The zero-order valence-electron chi connectivity index (χ0n) is 12.6. The Bertz CT molecular complexity index is 535. The first-order valence-electron chi connectivity index (χ1n) is 7.13. The molecule has 0 saturated carbocycles. The Morgan fingerprint density at radius 1 is 1.19 bits per heavy atom. The van der Waals surface area contributed by atoms with Crippen LogP contribution in [0, 0.1) is 13.8 Å². The van der Waals surface area contributed by atoms with Gasteiger partial charge in [0, 0.05) is 0 Å². The zero-order chi connectivity index (χ0) is 15.6. The van der Waals surface area contributed by atoms with Gasteiger partial charge in [-0.25, -0.2) is 4.79 Å². The van der Waals surface area contributed by atoms with Gasteiger partial charge in [0.15, 0.2) is 6.10 Å². The molecule has 0 spiro atoms. The van der Waals surface area contributed by atoms with Crippen LogP contribution in [0.15, 0.2) is 18.2 Å². The van der Waals surface area contributed by atoms with Crippen molar-refractivity contribution in [2.24, 2.45) is 0 Å². The summed E-state index contributed by atoms with van der Waals surface area (Å²) in [6.45, 7) is 5.95. The summed E-state index contributed by atoms with van der Waals surface area (Å²) in [5.41, 5.74) is 3.33. The second-order valence-electron chi connectivity index (χ2n) is 5.68. The van der Waals surface area contributed by atoms with Gasteiger partial charge in [0.05, 0.1) is 6.04 Å². The minimum absolute atomic E-state index is 0.136. The molecule has 1 unspecified atom stereocenters. The Labute approximate surface area is 124 Å². The Morgan fingerprint density at radius 2 is 1.76 bits per heavy atom. The molecule has 0 bridgehead atoms. The lowest BCUT2D eigenvalue weighted by molar-refractivity contribution is -0.151. The van der Waals surface area contributed by atoms with Crippen LogP contribution in [0.5, 0.6) is 0 Å². The largest absolute Gasteiger partial charge is 0.479 e. The average Bonchev–Trinajstić information content (AvgIpc) is 2.87. The van der Waals surface area contributed by atoms with Crippen molar-refractivity contribution in [1.29, 1.82) is 0 Å². The number of carboxylic acids is 1. The molecule has 1 aromatic rings. The molecule has 3 atom stereocenters. The number of carbonyl (C=O) groups excluding carboxylic acids is 1. The molecule has 0 aromatic heterocycles. The molecule has 1 aromatic carbocycles. The fourth-order valence-electron chi connectivity index (χ4n) is 2.66. The highest BCUT2D eigenvalue weighted by Crippen LogP contribution is 2.22. The van der Waals surface area contributed by atoms with Crippen LogP contribution >= 0.6 is 0 Å². The lowest BCUT2D eigenvalue weighted by Gasteiger charge is -2.18. The number of aliphatic carboxylic acids is 1. The molecule has 5 heteroatoms. The number of hydrogen-bond acceptors (Lipinski definition) is 3. The summed E-state index contributed by atoms with van der Waals surface area (Å²) in [6.07, 6.45) is -0.704. The maximum Gasteiger partial charge on any atom is 0.332 e. The number of amides is 1. The predicted octanol–water partition coefficient (Wildman–Crippen LogP) is 2.11. The van der Waals surface area contributed by atoms with Gasteiger partial charge in [-0.2, -0.15) is 0 Å². The number of rotatable bonds is 4. The smallest absolute Gasteiger partial charge is 0.332 e. The topological polar surface area (TPSA) is 75.6 Å². The van der Waals surface area contributed by atoms with Crippen LogP contribution in [0.3, 0.4) is 0 Å². The van der Waals surface area contributed by atoms with E-state index >= 15 is 0 Å². The predicted molar refractivity (Wildman–Crippen MR) is 78.0 cm³/mol. The molecule has 1 saturated heterocycles. The summed E-state index contributed by atoms with van der Waals surface area (Å²) in [4.78, 5) is 23.0. The molecule has 1 aliphatic rings. The first kappa shape index (κ1) is 15.5. The number of benzene rings is 1. The third-order valence-electron chi connectivity index (χ3n) is 3.69. The molecule has 114 valence electrons. The second-order valence-corrected chi connectivity index (χ2v) is 5.68. The molecule has 1 fully saturated rings. The van der Waals surface area contributed by atoms with Gasteiger partial charge < -0.3 is 15.2 Å². The molecule has 1 aliphatic heterocycles. The quantitative estimate of drug-likeness (QED) is 0.891. The van der Waals surface area contributed by atoms with Crippen LogP contribution in [-0.4, -0.2) is 29.2 Å². The standard InChI is InChI=1S/C16H21NO4/c1-9-6-10(2)8-12(7-9)11(3)17-15(18)13-4-5-14(21-13)16(19)20/h6-8,11,13-14H,4-5H2,1-3H3,(H,17,18)(H,19,20)/t11?,13-,14+/m0/s1. The Morgan fingerprint density at radius 3 is 2.29 bits per heavy atom. The maximum atomic E-state index is 12.1. The Hall–Kier alpha value is -1.88. The lowest BCUT2D eigenvalue weighted by atomic mass is 10.0. The minimum atomic E-state index is -1.01. The van der Waals surface area contributed by atoms with E-state index in [1.807, 2.05) is 32.9 Å². The average molecular weight is 291 g/mol. The molecule has 2 rings (SSSR count). The van der Waals surface area contributed by atoms with E-state index in [-0.39, 0.29) is 11.9 Å². The van der Waals surface area contributed by atoms with E-state index in [2.05, 4.69) is 11.4 Å². The van der Waals surface area contributed by atoms with Gasteiger partial charge in [-0.05, 0) is 39.2 Å². The van der Waals surface area contributed by atoms with Crippen molar-refractivity contribution in [1.82, 2.24) is 5.32 Å². The van der Waals surface area contributed by atoms with E-state index in [9.17, 15) is 9.59 Å². The van der Waals surface area contributed by atoms with E-state index < -0.39 is 18.2 Å². The number of hydrogen-bond donors (Lipinski definition) is 2. The first-order chi connectivity index (χ1) is 9.86. The summed E-state index contributed by atoms with van der Waals surface area (Å²) in [7, 11) is 0. The van der Waals surface area contributed by atoms with Crippen molar-refractivity contribution in [2.75, 3.05) is 0 Å². The minimum Gasteiger partial charge on any atom is -0.479 e. The van der Waals surface area contributed by atoms with Crippen molar-refractivity contribution < 1.29 is 19.4 Å². The monoisotopic (exact) mass is 291 g/mol. The van der Waals surface area contributed by atoms with Crippen LogP contribution in [0.2, 0.25) is 0 Å². The van der Waals surface area contributed by atoms with Crippen molar-refractivity contribution >= 4 is 11.9 Å². The van der Waals surface area contributed by atoms with E-state index in [0.717, 1.165) is 16.7 Å². The molecule has 21 heavy (non-hydrogen) atoms. The molecular weight excluding hydrogens is 270 g/mol. The highest BCUT2D eigenvalue weighted by molar-refractivity contribution is 5.83. The van der Waals surface area contributed by atoms with Crippen molar-refractivity contribution in [3.05, 3.63) is 34.9 Å². The maximum absolute atomic E-state index is 12.1. The van der Waals surface area contributed by atoms with E-state index in [1.165, 1.54) is 0 Å². The molecule has 1 heterocycles.